The van der Waals surface area contributed by atoms with Crippen molar-refractivity contribution < 1.29 is 0 Å². The van der Waals surface area contributed by atoms with Gasteiger partial charge in [-0.15, -0.1) is 0 Å². The zero-order valence-corrected chi connectivity index (χ0v) is 11.7. The topological polar surface area (TPSA) is 63.8 Å². The average Bonchev–Trinajstić information content (AvgIpc) is 2.32. The number of benzene rings is 1. The Balaban J connectivity index is 2.00. The number of nitrogens with two attached hydrogens (primary N) is 1. The lowest BCUT2D eigenvalue weighted by molar-refractivity contribution is 0.659. The SMILES string of the molecule is Cc1cc(C)c(CNCc2nccc(N)n2)c(C)c1. The Morgan fingerprint density at radius 1 is 1.11 bits per heavy atom. The Morgan fingerprint density at radius 3 is 2.42 bits per heavy atom. The third-order valence-electron chi connectivity index (χ3n) is 3.15. The van der Waals surface area contributed by atoms with Gasteiger partial charge in [0.25, 0.3) is 0 Å². The van der Waals surface area contributed by atoms with Crippen molar-refractivity contribution in [3.63, 3.8) is 0 Å². The highest BCUT2D eigenvalue weighted by Crippen LogP contribution is 2.16. The summed E-state index contributed by atoms with van der Waals surface area (Å²) in [6, 6.07) is 6.11. The molecule has 3 N–H and O–H groups in total. The van der Waals surface area contributed by atoms with E-state index in [2.05, 4.69) is 48.2 Å². The second-order valence-electron chi connectivity index (χ2n) is 4.88. The molecule has 1 aromatic carbocycles. The molecule has 4 nitrogen and oxygen atoms in total. The number of hydrogen-bond donors (Lipinski definition) is 2. The molecule has 0 fully saturated rings. The Labute approximate surface area is 114 Å². The van der Waals surface area contributed by atoms with Crippen LogP contribution in [0, 0.1) is 20.8 Å². The minimum Gasteiger partial charge on any atom is -0.384 e. The van der Waals surface area contributed by atoms with Gasteiger partial charge >= 0.3 is 0 Å². The molecule has 0 aliphatic heterocycles. The monoisotopic (exact) mass is 256 g/mol. The van der Waals surface area contributed by atoms with Crippen LogP contribution >= 0.6 is 0 Å². The molecule has 0 aliphatic rings. The van der Waals surface area contributed by atoms with E-state index in [9.17, 15) is 0 Å². The van der Waals surface area contributed by atoms with Crippen molar-refractivity contribution in [2.45, 2.75) is 33.9 Å². The lowest BCUT2D eigenvalue weighted by Gasteiger charge is -2.12. The van der Waals surface area contributed by atoms with Gasteiger partial charge in [-0.25, -0.2) is 9.97 Å². The predicted octanol–water partition coefficient (Wildman–Crippen LogP) is 2.27. The number of rotatable bonds is 4. The van der Waals surface area contributed by atoms with Crippen LogP contribution in [0.2, 0.25) is 0 Å². The van der Waals surface area contributed by atoms with Gasteiger partial charge < -0.3 is 11.1 Å². The molecule has 2 rings (SSSR count). The Hall–Kier alpha value is -1.94. The van der Waals surface area contributed by atoms with E-state index in [1.54, 1.807) is 12.3 Å². The van der Waals surface area contributed by atoms with Crippen LogP contribution in [-0.4, -0.2) is 9.97 Å². The maximum Gasteiger partial charge on any atom is 0.144 e. The van der Waals surface area contributed by atoms with E-state index in [4.69, 9.17) is 5.73 Å². The first kappa shape index (κ1) is 13.5. The Bertz CT molecular complexity index is 555. The zero-order valence-electron chi connectivity index (χ0n) is 11.7. The number of nitrogens with zero attached hydrogens (tertiary/aromatic N) is 2. The molecule has 0 bridgehead atoms. The Morgan fingerprint density at radius 2 is 1.79 bits per heavy atom. The van der Waals surface area contributed by atoms with E-state index < -0.39 is 0 Å². The lowest BCUT2D eigenvalue weighted by atomic mass is 10.00. The molecule has 2 aromatic rings. The molecule has 4 heteroatoms. The molecule has 0 spiro atoms. The number of nitrogen functional groups attached to an aromatic ring is 1. The first-order valence-electron chi connectivity index (χ1n) is 6.41. The number of nitrogens with one attached hydrogen (secondary N) is 1. The summed E-state index contributed by atoms with van der Waals surface area (Å²) in [5.74, 6) is 1.23. The number of aryl methyl sites for hydroxylation is 3. The van der Waals surface area contributed by atoms with Crippen molar-refractivity contribution in [2.24, 2.45) is 0 Å². The van der Waals surface area contributed by atoms with E-state index >= 15 is 0 Å². The molecule has 19 heavy (non-hydrogen) atoms. The summed E-state index contributed by atoms with van der Waals surface area (Å²) >= 11 is 0. The van der Waals surface area contributed by atoms with Gasteiger partial charge in [-0.3, -0.25) is 0 Å². The maximum absolute atomic E-state index is 5.63. The van der Waals surface area contributed by atoms with Gasteiger partial charge in [-0.05, 0) is 43.5 Å². The van der Waals surface area contributed by atoms with Crippen LogP contribution in [0.3, 0.4) is 0 Å². The summed E-state index contributed by atoms with van der Waals surface area (Å²) in [4.78, 5) is 8.34. The third kappa shape index (κ3) is 3.51. The Kier molecular flexibility index (Phi) is 4.12. The number of hydrogen-bond acceptors (Lipinski definition) is 4. The highest BCUT2D eigenvalue weighted by atomic mass is 15.0. The van der Waals surface area contributed by atoms with Crippen LogP contribution in [0.25, 0.3) is 0 Å². The summed E-state index contributed by atoms with van der Waals surface area (Å²) < 4.78 is 0. The van der Waals surface area contributed by atoms with Crippen LogP contribution in [0.5, 0.6) is 0 Å². The second-order valence-corrected chi connectivity index (χ2v) is 4.88. The van der Waals surface area contributed by atoms with Gasteiger partial charge in [-0.2, -0.15) is 0 Å². The molecule has 0 saturated carbocycles. The zero-order chi connectivity index (χ0) is 13.8. The summed E-state index contributed by atoms with van der Waals surface area (Å²) in [7, 11) is 0. The van der Waals surface area contributed by atoms with Crippen LogP contribution in [0.15, 0.2) is 24.4 Å². The fourth-order valence-electron chi connectivity index (χ4n) is 2.29. The molecule has 100 valence electrons. The molecule has 0 radical (unpaired) electrons. The average molecular weight is 256 g/mol. The molecular formula is C15H20N4. The van der Waals surface area contributed by atoms with Crippen molar-refractivity contribution >= 4 is 5.82 Å². The van der Waals surface area contributed by atoms with E-state index in [-0.39, 0.29) is 0 Å². The minimum absolute atomic E-state index is 0.509. The smallest absolute Gasteiger partial charge is 0.144 e. The number of anilines is 1. The van der Waals surface area contributed by atoms with Gasteiger partial charge in [-0.1, -0.05) is 17.7 Å². The van der Waals surface area contributed by atoms with Crippen LogP contribution in [0.4, 0.5) is 5.82 Å². The summed E-state index contributed by atoms with van der Waals surface area (Å²) in [6.45, 7) is 7.85. The van der Waals surface area contributed by atoms with Crippen LogP contribution in [-0.2, 0) is 13.1 Å². The first-order valence-corrected chi connectivity index (χ1v) is 6.41. The first-order chi connectivity index (χ1) is 9.06. The predicted molar refractivity (Wildman–Crippen MR) is 77.6 cm³/mol. The minimum atomic E-state index is 0.509. The van der Waals surface area contributed by atoms with E-state index in [1.165, 1.54) is 22.3 Å². The quantitative estimate of drug-likeness (QED) is 0.881. The normalized spacial score (nSPS) is 10.7. The second kappa shape index (κ2) is 5.80. The standard InChI is InChI=1S/C15H20N4/c1-10-6-11(2)13(12(3)7-10)8-17-9-15-18-5-4-14(16)19-15/h4-7,17H,8-9H2,1-3H3,(H2,16,18,19). The molecule has 0 unspecified atom stereocenters. The van der Waals surface area contributed by atoms with Crippen LogP contribution in [0.1, 0.15) is 28.1 Å². The van der Waals surface area contributed by atoms with Gasteiger partial charge in [0.05, 0.1) is 6.54 Å². The maximum atomic E-state index is 5.63. The summed E-state index contributed by atoms with van der Waals surface area (Å²) in [5.41, 5.74) is 10.9. The fraction of sp³-hybridized carbons (Fsp3) is 0.333. The molecule has 0 amide bonds. The highest BCUT2D eigenvalue weighted by Gasteiger charge is 2.04. The number of aromatic nitrogens is 2. The van der Waals surface area contributed by atoms with Gasteiger partial charge in [0, 0.05) is 12.7 Å². The fourth-order valence-corrected chi connectivity index (χ4v) is 2.29. The van der Waals surface area contributed by atoms with Crippen molar-refractivity contribution in [3.05, 3.63) is 52.5 Å². The molecule has 0 atom stereocenters. The van der Waals surface area contributed by atoms with E-state index in [1.807, 2.05) is 0 Å². The molecule has 1 aromatic heterocycles. The van der Waals surface area contributed by atoms with Crippen molar-refractivity contribution in [2.75, 3.05) is 5.73 Å². The largest absolute Gasteiger partial charge is 0.384 e. The van der Waals surface area contributed by atoms with Crippen molar-refractivity contribution in [1.82, 2.24) is 15.3 Å². The van der Waals surface area contributed by atoms with E-state index in [0.29, 0.717) is 12.4 Å². The van der Waals surface area contributed by atoms with Crippen molar-refractivity contribution in [3.8, 4) is 0 Å². The highest BCUT2D eigenvalue weighted by molar-refractivity contribution is 5.37. The molecular weight excluding hydrogens is 236 g/mol. The summed E-state index contributed by atoms with van der Waals surface area (Å²) in [6.07, 6.45) is 1.68. The molecule has 0 saturated heterocycles. The van der Waals surface area contributed by atoms with E-state index in [0.717, 1.165) is 12.4 Å². The molecule has 0 aliphatic carbocycles. The van der Waals surface area contributed by atoms with Crippen molar-refractivity contribution in [1.29, 1.82) is 0 Å². The van der Waals surface area contributed by atoms with Gasteiger partial charge in [0.1, 0.15) is 11.6 Å². The van der Waals surface area contributed by atoms with Crippen LogP contribution < -0.4 is 11.1 Å². The van der Waals surface area contributed by atoms with Gasteiger partial charge in [0.15, 0.2) is 0 Å². The lowest BCUT2D eigenvalue weighted by Crippen LogP contribution is -2.16. The third-order valence-corrected chi connectivity index (χ3v) is 3.15. The van der Waals surface area contributed by atoms with Gasteiger partial charge in [0.2, 0.25) is 0 Å². The summed E-state index contributed by atoms with van der Waals surface area (Å²) in [5, 5.41) is 3.37. The molecule has 1 heterocycles.